The Morgan fingerprint density at radius 1 is 1.50 bits per heavy atom. The number of carbonyl (C=O) groups excluding carboxylic acids is 1. The summed E-state index contributed by atoms with van der Waals surface area (Å²) in [6.07, 6.45) is 1.55. The van der Waals surface area contributed by atoms with Crippen LogP contribution in [0.15, 0.2) is 28.7 Å². The number of hydrogen-bond donors (Lipinski definition) is 3. The fourth-order valence-electron chi connectivity index (χ4n) is 2.37. The van der Waals surface area contributed by atoms with Crippen LogP contribution in [0.4, 0.5) is 0 Å². The molecule has 0 bridgehead atoms. The van der Waals surface area contributed by atoms with Crippen molar-refractivity contribution in [2.24, 2.45) is 0 Å². The van der Waals surface area contributed by atoms with Crippen LogP contribution in [0.3, 0.4) is 0 Å². The van der Waals surface area contributed by atoms with E-state index in [1.54, 1.807) is 0 Å². The number of rotatable bonds is 6. The van der Waals surface area contributed by atoms with Gasteiger partial charge in [0.1, 0.15) is 0 Å². The molecule has 1 unspecified atom stereocenters. The van der Waals surface area contributed by atoms with Gasteiger partial charge in [0.15, 0.2) is 0 Å². The van der Waals surface area contributed by atoms with Gasteiger partial charge in [0.25, 0.3) is 0 Å². The Morgan fingerprint density at radius 3 is 2.75 bits per heavy atom. The van der Waals surface area contributed by atoms with E-state index < -0.39 is 6.10 Å². The Balaban J connectivity index is 1.92. The summed E-state index contributed by atoms with van der Waals surface area (Å²) in [6.45, 7) is 3.74. The smallest absolute Gasteiger partial charge is 0.217 e. The van der Waals surface area contributed by atoms with E-state index in [2.05, 4.69) is 38.7 Å². The van der Waals surface area contributed by atoms with Crippen molar-refractivity contribution in [1.82, 2.24) is 10.6 Å². The highest BCUT2D eigenvalue weighted by Gasteiger charge is 2.44. The van der Waals surface area contributed by atoms with E-state index in [1.807, 2.05) is 19.1 Å². The molecule has 0 aromatic heterocycles. The number of carbonyl (C=O) groups is 1. The van der Waals surface area contributed by atoms with Crippen LogP contribution in [0, 0.1) is 0 Å². The molecule has 20 heavy (non-hydrogen) atoms. The number of nitrogens with one attached hydrogen (secondary N) is 2. The Bertz CT molecular complexity index is 489. The molecule has 1 aromatic rings. The largest absolute Gasteiger partial charge is 0.390 e. The van der Waals surface area contributed by atoms with Gasteiger partial charge in [-0.2, -0.15) is 0 Å². The van der Waals surface area contributed by atoms with Crippen LogP contribution in [-0.2, 0) is 10.3 Å². The van der Waals surface area contributed by atoms with Crippen molar-refractivity contribution < 1.29 is 9.90 Å². The van der Waals surface area contributed by atoms with Crippen LogP contribution in [0.2, 0.25) is 0 Å². The third-order valence-corrected chi connectivity index (χ3v) is 4.28. The highest BCUT2D eigenvalue weighted by Crippen LogP contribution is 2.45. The van der Waals surface area contributed by atoms with Crippen LogP contribution in [-0.4, -0.2) is 29.7 Å². The summed E-state index contributed by atoms with van der Waals surface area (Å²) in [5.41, 5.74) is 1.23. The Hall–Kier alpha value is -0.910. The summed E-state index contributed by atoms with van der Waals surface area (Å²) < 4.78 is 1.07. The zero-order chi connectivity index (χ0) is 14.8. The van der Waals surface area contributed by atoms with Gasteiger partial charge in [0.2, 0.25) is 5.91 Å². The van der Waals surface area contributed by atoms with Gasteiger partial charge < -0.3 is 15.7 Å². The predicted molar refractivity (Wildman–Crippen MR) is 82.3 cm³/mol. The number of aliphatic hydroxyl groups excluding tert-OH is 1. The van der Waals surface area contributed by atoms with Crippen LogP contribution in [0.1, 0.15) is 32.3 Å². The zero-order valence-electron chi connectivity index (χ0n) is 11.8. The third kappa shape index (κ3) is 3.81. The molecule has 0 heterocycles. The van der Waals surface area contributed by atoms with Crippen molar-refractivity contribution in [2.45, 2.75) is 44.4 Å². The average molecular weight is 341 g/mol. The molecule has 1 saturated carbocycles. The topological polar surface area (TPSA) is 61.4 Å². The minimum absolute atomic E-state index is 0.0132. The van der Waals surface area contributed by atoms with Crippen LogP contribution >= 0.6 is 15.9 Å². The molecule has 0 radical (unpaired) electrons. The molecule has 2 rings (SSSR count). The maximum atomic E-state index is 11.0. The molecule has 2 atom stereocenters. The van der Waals surface area contributed by atoms with Gasteiger partial charge in [0.05, 0.1) is 12.1 Å². The SMILES string of the molecule is CC(=O)N[C@@H](C)C(O)CNC1(c2cccc(Br)c2)CC1. The summed E-state index contributed by atoms with van der Waals surface area (Å²) >= 11 is 3.49. The first-order valence-corrected chi connectivity index (χ1v) is 7.68. The standard InChI is InChI=1S/C15H21BrN2O2/c1-10(18-11(2)19)14(20)9-17-15(6-7-15)12-4-3-5-13(16)8-12/h3-5,8,10,14,17,20H,6-7,9H2,1-2H3,(H,18,19)/t10-,14?/m0/s1. The second-order valence-corrected chi connectivity index (χ2v) is 6.45. The molecule has 1 aliphatic carbocycles. The maximum absolute atomic E-state index is 11.0. The molecule has 4 nitrogen and oxygen atoms in total. The highest BCUT2D eigenvalue weighted by atomic mass is 79.9. The summed E-state index contributed by atoms with van der Waals surface area (Å²) in [5.74, 6) is -0.121. The first kappa shape index (κ1) is 15.5. The fraction of sp³-hybridized carbons (Fsp3) is 0.533. The van der Waals surface area contributed by atoms with Gasteiger partial charge in [-0.3, -0.25) is 4.79 Å². The van der Waals surface area contributed by atoms with Crippen molar-refractivity contribution in [3.05, 3.63) is 34.3 Å². The molecule has 3 N–H and O–H groups in total. The number of benzene rings is 1. The van der Waals surface area contributed by atoms with Crippen LogP contribution in [0.5, 0.6) is 0 Å². The molecule has 5 heteroatoms. The van der Waals surface area contributed by atoms with Crippen molar-refractivity contribution in [1.29, 1.82) is 0 Å². The van der Waals surface area contributed by atoms with Gasteiger partial charge in [-0.1, -0.05) is 28.1 Å². The first-order chi connectivity index (χ1) is 9.43. The normalized spacial score (nSPS) is 19.2. The molecule has 1 aliphatic rings. The summed E-state index contributed by atoms with van der Waals surface area (Å²) in [7, 11) is 0. The lowest BCUT2D eigenvalue weighted by molar-refractivity contribution is -0.120. The first-order valence-electron chi connectivity index (χ1n) is 6.89. The second-order valence-electron chi connectivity index (χ2n) is 5.53. The molecule has 1 amide bonds. The predicted octanol–water partition coefficient (Wildman–Crippen LogP) is 1.91. The minimum Gasteiger partial charge on any atom is -0.390 e. The number of amides is 1. The van der Waals surface area contributed by atoms with E-state index in [1.165, 1.54) is 12.5 Å². The van der Waals surface area contributed by atoms with E-state index >= 15 is 0 Å². The lowest BCUT2D eigenvalue weighted by Crippen LogP contribution is -2.46. The monoisotopic (exact) mass is 340 g/mol. The van der Waals surface area contributed by atoms with E-state index in [9.17, 15) is 9.90 Å². The lowest BCUT2D eigenvalue weighted by atomic mass is 10.0. The summed E-state index contributed by atoms with van der Waals surface area (Å²) in [4.78, 5) is 11.0. The van der Waals surface area contributed by atoms with Crippen molar-refractivity contribution >= 4 is 21.8 Å². The number of halogens is 1. The molecule has 110 valence electrons. The Kier molecular flexibility index (Phi) is 4.83. The molecular weight excluding hydrogens is 320 g/mol. The number of hydrogen-bond acceptors (Lipinski definition) is 3. The van der Waals surface area contributed by atoms with E-state index in [-0.39, 0.29) is 17.5 Å². The highest BCUT2D eigenvalue weighted by molar-refractivity contribution is 9.10. The summed E-state index contributed by atoms with van der Waals surface area (Å²) in [5, 5.41) is 16.2. The molecule has 0 spiro atoms. The Morgan fingerprint density at radius 2 is 2.20 bits per heavy atom. The second kappa shape index (κ2) is 6.24. The van der Waals surface area contributed by atoms with Crippen molar-refractivity contribution in [3.8, 4) is 0 Å². The van der Waals surface area contributed by atoms with Gasteiger partial charge in [0, 0.05) is 23.5 Å². The fourth-order valence-corrected chi connectivity index (χ4v) is 2.77. The maximum Gasteiger partial charge on any atom is 0.217 e. The van der Waals surface area contributed by atoms with Gasteiger partial charge >= 0.3 is 0 Å². The van der Waals surface area contributed by atoms with Crippen LogP contribution in [0.25, 0.3) is 0 Å². The van der Waals surface area contributed by atoms with Crippen LogP contribution < -0.4 is 10.6 Å². The molecule has 1 aromatic carbocycles. The van der Waals surface area contributed by atoms with Gasteiger partial charge in [-0.15, -0.1) is 0 Å². The van der Waals surface area contributed by atoms with E-state index in [0.29, 0.717) is 6.54 Å². The Labute approximate surface area is 128 Å². The molecule has 0 aliphatic heterocycles. The van der Waals surface area contributed by atoms with Crippen molar-refractivity contribution in [3.63, 3.8) is 0 Å². The average Bonchev–Trinajstić information content (AvgIpc) is 3.16. The van der Waals surface area contributed by atoms with Crippen molar-refractivity contribution in [2.75, 3.05) is 6.54 Å². The van der Waals surface area contributed by atoms with E-state index in [4.69, 9.17) is 0 Å². The molecule has 0 saturated heterocycles. The lowest BCUT2D eigenvalue weighted by Gasteiger charge is -2.24. The number of aliphatic hydroxyl groups is 1. The van der Waals surface area contributed by atoms with Gasteiger partial charge in [-0.25, -0.2) is 0 Å². The van der Waals surface area contributed by atoms with E-state index in [0.717, 1.165) is 17.3 Å². The van der Waals surface area contributed by atoms with Gasteiger partial charge in [-0.05, 0) is 37.5 Å². The summed E-state index contributed by atoms with van der Waals surface area (Å²) in [6, 6.07) is 8.00. The molecule has 1 fully saturated rings. The quantitative estimate of drug-likeness (QED) is 0.741. The zero-order valence-corrected chi connectivity index (χ0v) is 13.4. The molecular formula is C15H21BrN2O2. The third-order valence-electron chi connectivity index (χ3n) is 3.78. The minimum atomic E-state index is -0.594.